The van der Waals surface area contributed by atoms with Crippen molar-refractivity contribution in [1.29, 1.82) is 0 Å². The van der Waals surface area contributed by atoms with E-state index in [0.717, 1.165) is 18.5 Å². The predicted molar refractivity (Wildman–Crippen MR) is 124 cm³/mol. The molecule has 0 saturated carbocycles. The maximum absolute atomic E-state index is 5.90. The van der Waals surface area contributed by atoms with E-state index in [2.05, 4.69) is 32.6 Å². The van der Waals surface area contributed by atoms with Gasteiger partial charge in [0.15, 0.2) is 0 Å². The maximum atomic E-state index is 5.90. The van der Waals surface area contributed by atoms with E-state index in [1.165, 1.54) is 107 Å². The lowest BCUT2D eigenvalue weighted by Gasteiger charge is -2.12. The minimum absolute atomic E-state index is 0.861. The molecule has 27 heavy (non-hydrogen) atoms. The van der Waals surface area contributed by atoms with E-state index in [0.29, 0.717) is 0 Å². The molecule has 1 aromatic carbocycles. The largest absolute Gasteiger partial charge is 0.399 e. The SMILES string of the molecule is C=C(CCCCCCCCCCCCCCCC)c1ccc(N)cc1CC. The van der Waals surface area contributed by atoms with Gasteiger partial charge >= 0.3 is 0 Å². The molecule has 1 rings (SSSR count). The second-order valence-corrected chi connectivity index (χ2v) is 8.22. The van der Waals surface area contributed by atoms with Gasteiger partial charge in [0.05, 0.1) is 0 Å². The number of nitrogens with two attached hydrogens (primary N) is 1. The molecular formula is C26H45N. The maximum Gasteiger partial charge on any atom is 0.0317 e. The molecule has 1 heteroatoms. The highest BCUT2D eigenvalue weighted by Gasteiger charge is 2.05. The van der Waals surface area contributed by atoms with Crippen LogP contribution in [0.5, 0.6) is 0 Å². The smallest absolute Gasteiger partial charge is 0.0317 e. The molecule has 0 aliphatic carbocycles. The van der Waals surface area contributed by atoms with Crippen LogP contribution in [0.15, 0.2) is 24.8 Å². The number of aryl methyl sites for hydroxylation is 1. The van der Waals surface area contributed by atoms with Crippen LogP contribution in [0, 0.1) is 0 Å². The summed E-state index contributed by atoms with van der Waals surface area (Å²) in [6, 6.07) is 6.26. The molecule has 0 unspecified atom stereocenters. The zero-order valence-electron chi connectivity index (χ0n) is 18.3. The molecule has 154 valence electrons. The molecule has 0 aliphatic heterocycles. The molecule has 0 heterocycles. The highest BCUT2D eigenvalue weighted by Crippen LogP contribution is 2.25. The third kappa shape index (κ3) is 11.3. The van der Waals surface area contributed by atoms with Crippen molar-refractivity contribution in [3.63, 3.8) is 0 Å². The molecule has 1 nitrogen and oxygen atoms in total. The van der Waals surface area contributed by atoms with Gasteiger partial charge in [0.2, 0.25) is 0 Å². The lowest BCUT2D eigenvalue weighted by atomic mass is 9.94. The summed E-state index contributed by atoms with van der Waals surface area (Å²) in [6.45, 7) is 8.80. The quantitative estimate of drug-likeness (QED) is 0.215. The van der Waals surface area contributed by atoms with Gasteiger partial charge < -0.3 is 5.73 Å². The summed E-state index contributed by atoms with van der Waals surface area (Å²) in [5.74, 6) is 0. The van der Waals surface area contributed by atoms with Crippen LogP contribution in [-0.4, -0.2) is 0 Å². The van der Waals surface area contributed by atoms with Crippen LogP contribution in [0.3, 0.4) is 0 Å². The van der Waals surface area contributed by atoms with Crippen molar-refractivity contribution >= 4 is 11.3 Å². The van der Waals surface area contributed by atoms with E-state index in [4.69, 9.17) is 5.73 Å². The molecule has 0 radical (unpaired) electrons. The minimum atomic E-state index is 0.861. The van der Waals surface area contributed by atoms with Crippen LogP contribution in [0.2, 0.25) is 0 Å². The Morgan fingerprint density at radius 1 is 0.741 bits per heavy atom. The Kier molecular flexibility index (Phi) is 13.9. The van der Waals surface area contributed by atoms with Crippen LogP contribution in [-0.2, 0) is 6.42 Å². The molecule has 0 atom stereocenters. The number of nitrogen functional groups attached to an aromatic ring is 1. The summed E-state index contributed by atoms with van der Waals surface area (Å²) in [7, 11) is 0. The fourth-order valence-electron chi connectivity index (χ4n) is 3.92. The van der Waals surface area contributed by atoms with Crippen molar-refractivity contribution in [3.05, 3.63) is 35.9 Å². The second-order valence-electron chi connectivity index (χ2n) is 8.22. The van der Waals surface area contributed by atoms with E-state index >= 15 is 0 Å². The number of hydrogen-bond acceptors (Lipinski definition) is 1. The Hall–Kier alpha value is -1.24. The van der Waals surface area contributed by atoms with E-state index in [9.17, 15) is 0 Å². The molecule has 0 aliphatic rings. The number of allylic oxidation sites excluding steroid dienone is 1. The van der Waals surface area contributed by atoms with Crippen molar-refractivity contribution in [1.82, 2.24) is 0 Å². The van der Waals surface area contributed by atoms with Gasteiger partial charge in [-0.15, -0.1) is 0 Å². The first kappa shape index (κ1) is 23.8. The average Bonchev–Trinajstić information content (AvgIpc) is 2.67. The summed E-state index contributed by atoms with van der Waals surface area (Å²) in [5, 5.41) is 0. The molecule has 0 spiro atoms. The van der Waals surface area contributed by atoms with Crippen LogP contribution in [0.4, 0.5) is 5.69 Å². The fourth-order valence-corrected chi connectivity index (χ4v) is 3.92. The van der Waals surface area contributed by atoms with Crippen LogP contribution < -0.4 is 5.73 Å². The molecular weight excluding hydrogens is 326 g/mol. The highest BCUT2D eigenvalue weighted by molar-refractivity contribution is 5.68. The monoisotopic (exact) mass is 371 g/mol. The van der Waals surface area contributed by atoms with Gasteiger partial charge in [-0.25, -0.2) is 0 Å². The zero-order valence-corrected chi connectivity index (χ0v) is 18.3. The molecule has 1 aromatic rings. The Balaban J connectivity index is 1.96. The average molecular weight is 372 g/mol. The standard InChI is InChI=1S/C26H45N/c1-4-6-7-8-9-10-11-12-13-14-15-16-17-18-19-23(3)26-21-20-25(27)22-24(26)5-2/h20-22H,3-19,27H2,1-2H3. The zero-order chi connectivity index (χ0) is 19.7. The van der Waals surface area contributed by atoms with Crippen molar-refractivity contribution in [2.75, 3.05) is 5.73 Å². The Morgan fingerprint density at radius 2 is 1.22 bits per heavy atom. The van der Waals surface area contributed by atoms with Crippen molar-refractivity contribution in [3.8, 4) is 0 Å². The van der Waals surface area contributed by atoms with Crippen molar-refractivity contribution < 1.29 is 0 Å². The van der Waals surface area contributed by atoms with Crippen LogP contribution in [0.1, 0.15) is 121 Å². The third-order valence-corrected chi connectivity index (χ3v) is 5.72. The molecule has 0 bridgehead atoms. The topological polar surface area (TPSA) is 26.0 Å². The van der Waals surface area contributed by atoms with E-state index in [-0.39, 0.29) is 0 Å². The van der Waals surface area contributed by atoms with Gasteiger partial charge in [-0.3, -0.25) is 0 Å². The van der Waals surface area contributed by atoms with Gasteiger partial charge in [0.25, 0.3) is 0 Å². The number of hydrogen-bond donors (Lipinski definition) is 1. The number of rotatable bonds is 17. The van der Waals surface area contributed by atoms with Crippen molar-refractivity contribution in [2.24, 2.45) is 0 Å². The summed E-state index contributed by atoms with van der Waals surface area (Å²) in [5.41, 5.74) is 10.7. The lowest BCUT2D eigenvalue weighted by molar-refractivity contribution is 0.536. The second kappa shape index (κ2) is 15.8. The molecule has 0 saturated heterocycles. The van der Waals surface area contributed by atoms with Gasteiger partial charge in [0.1, 0.15) is 0 Å². The normalized spacial score (nSPS) is 11.0. The van der Waals surface area contributed by atoms with Crippen LogP contribution >= 0.6 is 0 Å². The summed E-state index contributed by atoms with van der Waals surface area (Å²) in [6.07, 6.45) is 21.9. The Bertz CT molecular complexity index is 503. The third-order valence-electron chi connectivity index (χ3n) is 5.72. The minimum Gasteiger partial charge on any atom is -0.399 e. The van der Waals surface area contributed by atoms with Gasteiger partial charge in [0, 0.05) is 5.69 Å². The molecule has 0 fully saturated rings. The number of benzene rings is 1. The summed E-state index contributed by atoms with van der Waals surface area (Å²) >= 11 is 0. The first-order valence-electron chi connectivity index (χ1n) is 11.8. The Labute approximate surface area is 169 Å². The Morgan fingerprint density at radius 3 is 1.70 bits per heavy atom. The van der Waals surface area contributed by atoms with E-state index < -0.39 is 0 Å². The first-order chi connectivity index (χ1) is 13.2. The lowest BCUT2D eigenvalue weighted by Crippen LogP contribution is -1.95. The van der Waals surface area contributed by atoms with E-state index in [1.54, 1.807) is 0 Å². The predicted octanol–water partition coefficient (Wildman–Crippen LogP) is 8.72. The molecule has 0 aromatic heterocycles. The van der Waals surface area contributed by atoms with Crippen LogP contribution in [0.25, 0.3) is 5.57 Å². The molecule has 2 N–H and O–H groups in total. The highest BCUT2D eigenvalue weighted by atomic mass is 14.5. The number of unbranched alkanes of at least 4 members (excludes halogenated alkanes) is 13. The molecule has 0 amide bonds. The van der Waals surface area contributed by atoms with Gasteiger partial charge in [-0.05, 0) is 48.1 Å². The summed E-state index contributed by atoms with van der Waals surface area (Å²) < 4.78 is 0. The van der Waals surface area contributed by atoms with Gasteiger partial charge in [-0.2, -0.15) is 0 Å². The van der Waals surface area contributed by atoms with E-state index in [1.807, 2.05) is 6.07 Å². The fraction of sp³-hybridized carbons (Fsp3) is 0.692. The number of anilines is 1. The first-order valence-corrected chi connectivity index (χ1v) is 11.8. The van der Waals surface area contributed by atoms with Crippen molar-refractivity contribution in [2.45, 2.75) is 117 Å². The summed E-state index contributed by atoms with van der Waals surface area (Å²) in [4.78, 5) is 0. The van der Waals surface area contributed by atoms with Gasteiger partial charge in [-0.1, -0.05) is 110 Å².